The Bertz CT molecular complexity index is 633. The second-order valence-electron chi connectivity index (χ2n) is 4.42. The van der Waals surface area contributed by atoms with Crippen LogP contribution in [0.3, 0.4) is 0 Å². The Labute approximate surface area is 113 Å². The van der Waals surface area contributed by atoms with Crippen molar-refractivity contribution in [2.75, 3.05) is 0 Å². The summed E-state index contributed by atoms with van der Waals surface area (Å²) in [5.41, 5.74) is 2.70. The molecule has 1 aliphatic rings. The minimum atomic E-state index is -0.275. The Morgan fingerprint density at radius 3 is 2.83 bits per heavy atom. The van der Waals surface area contributed by atoms with E-state index < -0.39 is 0 Å². The number of carbonyl (C=O) groups excluding carboxylic acids is 1. The van der Waals surface area contributed by atoms with Crippen molar-refractivity contribution in [2.24, 2.45) is 0 Å². The SMILES string of the molecule is O=C1CCCc2c1ccn2-c1ccc(F)cc1Br. The van der Waals surface area contributed by atoms with Gasteiger partial charge in [-0.1, -0.05) is 0 Å². The highest BCUT2D eigenvalue weighted by Gasteiger charge is 2.21. The summed E-state index contributed by atoms with van der Waals surface area (Å²) in [6.07, 6.45) is 4.28. The maximum atomic E-state index is 13.1. The van der Waals surface area contributed by atoms with Crippen molar-refractivity contribution in [1.82, 2.24) is 4.57 Å². The Hall–Kier alpha value is -1.42. The van der Waals surface area contributed by atoms with Crippen LogP contribution in [-0.2, 0) is 6.42 Å². The highest BCUT2D eigenvalue weighted by Crippen LogP contribution is 2.29. The van der Waals surface area contributed by atoms with E-state index in [1.807, 2.05) is 16.8 Å². The molecule has 92 valence electrons. The maximum Gasteiger partial charge on any atom is 0.164 e. The van der Waals surface area contributed by atoms with E-state index in [1.165, 1.54) is 12.1 Å². The molecule has 4 heteroatoms. The molecule has 1 heterocycles. The summed E-state index contributed by atoms with van der Waals surface area (Å²) in [7, 11) is 0. The Morgan fingerprint density at radius 1 is 1.22 bits per heavy atom. The van der Waals surface area contributed by atoms with Crippen molar-refractivity contribution >= 4 is 21.7 Å². The monoisotopic (exact) mass is 307 g/mol. The molecule has 1 aliphatic carbocycles. The molecule has 1 aromatic heterocycles. The van der Waals surface area contributed by atoms with Crippen molar-refractivity contribution in [3.63, 3.8) is 0 Å². The normalized spacial score (nSPS) is 14.7. The van der Waals surface area contributed by atoms with Crippen LogP contribution in [0.2, 0.25) is 0 Å². The summed E-state index contributed by atoms with van der Waals surface area (Å²) in [4.78, 5) is 11.8. The summed E-state index contributed by atoms with van der Waals surface area (Å²) >= 11 is 3.37. The lowest BCUT2D eigenvalue weighted by atomic mass is 9.97. The number of carbonyl (C=O) groups is 1. The molecular weight excluding hydrogens is 297 g/mol. The predicted molar refractivity (Wildman–Crippen MR) is 70.7 cm³/mol. The Balaban J connectivity index is 2.15. The zero-order chi connectivity index (χ0) is 12.7. The summed E-state index contributed by atoms with van der Waals surface area (Å²) in [6.45, 7) is 0. The lowest BCUT2D eigenvalue weighted by Crippen LogP contribution is -2.12. The third-order valence-corrected chi connectivity index (χ3v) is 3.91. The van der Waals surface area contributed by atoms with Crippen LogP contribution < -0.4 is 0 Å². The molecule has 0 fully saturated rings. The van der Waals surface area contributed by atoms with Crippen LogP contribution >= 0.6 is 15.9 Å². The zero-order valence-electron chi connectivity index (χ0n) is 9.62. The number of hydrogen-bond donors (Lipinski definition) is 0. The van der Waals surface area contributed by atoms with Gasteiger partial charge in [-0.3, -0.25) is 4.79 Å². The molecule has 0 spiro atoms. The highest BCUT2D eigenvalue weighted by atomic mass is 79.9. The van der Waals surface area contributed by atoms with Gasteiger partial charge in [0, 0.05) is 28.3 Å². The molecule has 0 saturated heterocycles. The first-order valence-corrected chi connectivity index (χ1v) is 6.65. The number of benzene rings is 1. The average Bonchev–Trinajstić information content (AvgIpc) is 2.74. The summed E-state index contributed by atoms with van der Waals surface area (Å²) in [5.74, 6) is -0.0732. The van der Waals surface area contributed by atoms with Crippen molar-refractivity contribution < 1.29 is 9.18 Å². The first kappa shape index (κ1) is 11.7. The molecule has 1 aromatic carbocycles. The third kappa shape index (κ3) is 1.81. The molecule has 0 aliphatic heterocycles. The molecule has 2 nitrogen and oxygen atoms in total. The van der Waals surface area contributed by atoms with Gasteiger partial charge in [0.25, 0.3) is 0 Å². The number of Topliss-reactive ketones (excluding diaryl/α,β-unsaturated/α-hetero) is 1. The molecular formula is C14H11BrFNO. The number of fused-ring (bicyclic) bond motifs is 1. The van der Waals surface area contributed by atoms with Gasteiger partial charge in [0.15, 0.2) is 5.78 Å². The van der Waals surface area contributed by atoms with Crippen molar-refractivity contribution in [1.29, 1.82) is 0 Å². The number of ketones is 1. The molecule has 3 rings (SSSR count). The molecule has 2 aromatic rings. The van der Waals surface area contributed by atoms with E-state index in [2.05, 4.69) is 15.9 Å². The van der Waals surface area contributed by atoms with Crippen LogP contribution in [0, 0.1) is 5.82 Å². The van der Waals surface area contributed by atoms with Gasteiger partial charge in [-0.05, 0) is 53.0 Å². The topological polar surface area (TPSA) is 22.0 Å². The van der Waals surface area contributed by atoms with Gasteiger partial charge >= 0.3 is 0 Å². The molecule has 0 saturated carbocycles. The van der Waals surface area contributed by atoms with Gasteiger partial charge in [0.1, 0.15) is 5.82 Å². The Kier molecular flexibility index (Phi) is 2.82. The van der Waals surface area contributed by atoms with E-state index in [-0.39, 0.29) is 11.6 Å². The van der Waals surface area contributed by atoms with Crippen LogP contribution in [-0.4, -0.2) is 10.4 Å². The van der Waals surface area contributed by atoms with Crippen LogP contribution in [0.15, 0.2) is 34.9 Å². The minimum Gasteiger partial charge on any atom is -0.319 e. The average molecular weight is 308 g/mol. The van der Waals surface area contributed by atoms with E-state index in [0.717, 1.165) is 29.8 Å². The number of aromatic nitrogens is 1. The first-order chi connectivity index (χ1) is 8.66. The first-order valence-electron chi connectivity index (χ1n) is 5.85. The van der Waals surface area contributed by atoms with E-state index in [0.29, 0.717) is 10.9 Å². The number of halogens is 2. The van der Waals surface area contributed by atoms with Gasteiger partial charge in [-0.15, -0.1) is 0 Å². The summed E-state index contributed by atoms with van der Waals surface area (Å²) < 4.78 is 15.8. The van der Waals surface area contributed by atoms with Crippen LogP contribution in [0.4, 0.5) is 4.39 Å². The second kappa shape index (κ2) is 4.35. The summed E-state index contributed by atoms with van der Waals surface area (Å²) in [5, 5.41) is 0. The van der Waals surface area contributed by atoms with Gasteiger partial charge in [0.05, 0.1) is 5.69 Å². The quantitative estimate of drug-likeness (QED) is 0.783. The van der Waals surface area contributed by atoms with E-state index in [1.54, 1.807) is 6.07 Å². The molecule has 0 amide bonds. The van der Waals surface area contributed by atoms with Gasteiger partial charge < -0.3 is 4.57 Å². The van der Waals surface area contributed by atoms with E-state index in [4.69, 9.17) is 0 Å². The fourth-order valence-corrected chi connectivity index (χ4v) is 2.97. The number of nitrogens with zero attached hydrogens (tertiary/aromatic N) is 1. The predicted octanol–water partition coefficient (Wildman–Crippen LogP) is 3.90. The van der Waals surface area contributed by atoms with Crippen LogP contribution in [0.5, 0.6) is 0 Å². The number of hydrogen-bond acceptors (Lipinski definition) is 1. The molecule has 0 radical (unpaired) electrons. The molecule has 0 bridgehead atoms. The fourth-order valence-electron chi connectivity index (χ4n) is 2.43. The molecule has 18 heavy (non-hydrogen) atoms. The van der Waals surface area contributed by atoms with Crippen LogP contribution in [0.25, 0.3) is 5.69 Å². The minimum absolute atomic E-state index is 0.202. The second-order valence-corrected chi connectivity index (χ2v) is 5.27. The summed E-state index contributed by atoms with van der Waals surface area (Å²) in [6, 6.07) is 6.44. The van der Waals surface area contributed by atoms with Crippen molar-refractivity contribution in [2.45, 2.75) is 19.3 Å². The van der Waals surface area contributed by atoms with Gasteiger partial charge in [0.2, 0.25) is 0 Å². The standard InChI is InChI=1S/C14H11BrFNO/c15-11-8-9(16)4-5-13(11)17-7-6-10-12(17)2-1-3-14(10)18/h4-8H,1-3H2. The lowest BCUT2D eigenvalue weighted by Gasteiger charge is -2.16. The van der Waals surface area contributed by atoms with E-state index >= 15 is 0 Å². The van der Waals surface area contributed by atoms with Crippen molar-refractivity contribution in [3.05, 3.63) is 52.0 Å². The van der Waals surface area contributed by atoms with E-state index in [9.17, 15) is 9.18 Å². The molecule has 0 N–H and O–H groups in total. The highest BCUT2D eigenvalue weighted by molar-refractivity contribution is 9.10. The largest absolute Gasteiger partial charge is 0.319 e. The molecule has 0 atom stereocenters. The smallest absolute Gasteiger partial charge is 0.164 e. The van der Waals surface area contributed by atoms with Gasteiger partial charge in [-0.2, -0.15) is 0 Å². The van der Waals surface area contributed by atoms with Crippen LogP contribution in [0.1, 0.15) is 28.9 Å². The van der Waals surface area contributed by atoms with Gasteiger partial charge in [-0.25, -0.2) is 4.39 Å². The molecule has 0 unspecified atom stereocenters. The maximum absolute atomic E-state index is 13.1. The van der Waals surface area contributed by atoms with Crippen molar-refractivity contribution in [3.8, 4) is 5.69 Å². The third-order valence-electron chi connectivity index (χ3n) is 3.28. The fraction of sp³-hybridized carbons (Fsp3) is 0.214. The zero-order valence-corrected chi connectivity index (χ0v) is 11.2. The number of rotatable bonds is 1. The Morgan fingerprint density at radius 2 is 2.06 bits per heavy atom. The lowest BCUT2D eigenvalue weighted by molar-refractivity contribution is 0.0972.